The lowest BCUT2D eigenvalue weighted by atomic mass is 9.33. The highest BCUT2D eigenvalue weighted by atomic mass is 15.2. The van der Waals surface area contributed by atoms with Crippen molar-refractivity contribution in [3.8, 4) is 22.3 Å². The molecule has 0 unspecified atom stereocenters. The summed E-state index contributed by atoms with van der Waals surface area (Å²) in [7, 11) is 0. The van der Waals surface area contributed by atoms with E-state index in [-0.39, 0.29) is 20.1 Å². The predicted molar refractivity (Wildman–Crippen MR) is 446 cm³/mol. The molecule has 22 rings (SSSR count). The first-order valence-electron chi connectivity index (χ1n) is 36.4. The standard InChI is InChI=1S/C66H44B2N4.C30H21BN2/c1-5-23-47(24-6-1)69-57-37-19-15-33-53(57)67-54-34-16-20-38-58(54)70(48-25-7-2-8-26-48)62-42-45(41-61(69)65(62)67)51-31-13-14-32-52(51)46-43-63-66-64(44-46)72(50-29-11-4-12-30-50)60-40-22-18-36-56(60)68(66)55-35-17-21-39-59(55)71(63)49-27-9-3-10-28-49;1-3-12-22(13-4-1)32-26-18-9-7-16-24(26)31-25-17-8-10-19-27(25)33(23-14-5-2-6-15-23)29-21-11-20-28(32)30(29)31/h1-44H;1-21H. The molecule has 6 heterocycles. The van der Waals surface area contributed by atoms with Crippen LogP contribution in [0.15, 0.2) is 394 Å². The summed E-state index contributed by atoms with van der Waals surface area (Å²) >= 11 is 0. The molecule has 488 valence electrons. The summed E-state index contributed by atoms with van der Waals surface area (Å²) in [5.74, 6) is 0. The predicted octanol–water partition coefficient (Wildman–Crippen LogP) is 19.0. The first-order valence-corrected chi connectivity index (χ1v) is 36.4. The maximum absolute atomic E-state index is 2.50. The second-order valence-electron chi connectivity index (χ2n) is 27.8. The van der Waals surface area contributed by atoms with Crippen molar-refractivity contribution >= 4 is 172 Å². The normalized spacial score (nSPS) is 13.4. The van der Waals surface area contributed by atoms with Crippen LogP contribution in [0, 0.1) is 0 Å². The highest BCUT2D eigenvalue weighted by Gasteiger charge is 2.47. The molecule has 6 nitrogen and oxygen atoms in total. The lowest BCUT2D eigenvalue weighted by molar-refractivity contribution is 1.25. The number of fused-ring (bicyclic) bond motifs is 12. The molecular weight excluding hydrogens is 1270 g/mol. The average molecular weight is 1340 g/mol. The van der Waals surface area contributed by atoms with E-state index >= 15 is 0 Å². The molecule has 6 aliphatic heterocycles. The van der Waals surface area contributed by atoms with Gasteiger partial charge in [0.25, 0.3) is 20.1 Å². The SMILES string of the molecule is c1ccc(N2c3ccccc3B3c4ccccc4N(c4ccccc4)c4cc(-c5ccccc5-c5cc6c7c(c5)N(c5ccccc5)c5ccccc5B7c5ccccc5N6c5ccccc5)cc2c43)cc1.c1ccc(N2c3ccccc3B3c4ccccc4N(c4ccccc4)c4cccc2c43)cc1. The Balaban J connectivity index is 0.000000179. The van der Waals surface area contributed by atoms with Gasteiger partial charge in [-0.3, -0.25) is 0 Å². The van der Waals surface area contributed by atoms with Gasteiger partial charge in [-0.05, 0) is 217 Å². The Hall–Kier alpha value is -13.5. The van der Waals surface area contributed by atoms with Crippen molar-refractivity contribution in [2.45, 2.75) is 0 Å². The Kier molecular flexibility index (Phi) is 14.2. The summed E-state index contributed by atoms with van der Waals surface area (Å²) in [5, 5.41) is 0. The maximum atomic E-state index is 2.50. The second-order valence-corrected chi connectivity index (χ2v) is 27.8. The molecule has 16 aromatic rings. The first-order chi connectivity index (χ1) is 52.2. The van der Waals surface area contributed by atoms with Gasteiger partial charge in [0.05, 0.1) is 0 Å². The number of nitrogens with zero attached hydrogens (tertiary/aromatic N) is 6. The summed E-state index contributed by atoms with van der Waals surface area (Å²) in [5.41, 5.74) is 38.0. The largest absolute Gasteiger partial charge is 0.311 e. The van der Waals surface area contributed by atoms with E-state index in [1.807, 2.05) is 0 Å². The molecule has 0 amide bonds. The van der Waals surface area contributed by atoms with Gasteiger partial charge in [-0.25, -0.2) is 0 Å². The van der Waals surface area contributed by atoms with Crippen LogP contribution in [0.1, 0.15) is 0 Å². The van der Waals surface area contributed by atoms with Gasteiger partial charge in [-0.1, -0.05) is 249 Å². The van der Waals surface area contributed by atoms with Crippen molar-refractivity contribution in [3.05, 3.63) is 394 Å². The third kappa shape index (κ3) is 9.48. The quantitative estimate of drug-likeness (QED) is 0.140. The van der Waals surface area contributed by atoms with Gasteiger partial charge in [0, 0.05) is 102 Å². The van der Waals surface area contributed by atoms with Gasteiger partial charge in [0.2, 0.25) is 0 Å². The smallest absolute Gasteiger partial charge is 0.252 e. The molecule has 0 fully saturated rings. The molecule has 9 heteroatoms. The van der Waals surface area contributed by atoms with E-state index in [0.29, 0.717) is 0 Å². The van der Waals surface area contributed by atoms with Crippen LogP contribution in [0.3, 0.4) is 0 Å². The van der Waals surface area contributed by atoms with Crippen molar-refractivity contribution in [2.75, 3.05) is 29.4 Å². The minimum Gasteiger partial charge on any atom is -0.311 e. The van der Waals surface area contributed by atoms with Crippen LogP contribution in [0.2, 0.25) is 0 Å². The number of anilines is 18. The summed E-state index contributed by atoms with van der Waals surface area (Å²) in [6, 6.07) is 145. The molecule has 16 aromatic carbocycles. The monoisotopic (exact) mass is 1330 g/mol. The minimum atomic E-state index is 0.0343. The van der Waals surface area contributed by atoms with Crippen LogP contribution in [-0.2, 0) is 0 Å². The number of hydrogen-bond donors (Lipinski definition) is 0. The molecule has 0 saturated heterocycles. The molecule has 0 aliphatic carbocycles. The van der Waals surface area contributed by atoms with Gasteiger partial charge < -0.3 is 29.4 Å². The van der Waals surface area contributed by atoms with Crippen molar-refractivity contribution in [2.24, 2.45) is 0 Å². The second kappa shape index (κ2) is 24.7. The zero-order valence-corrected chi connectivity index (χ0v) is 57.4. The molecule has 6 aliphatic rings. The van der Waals surface area contributed by atoms with Crippen molar-refractivity contribution in [3.63, 3.8) is 0 Å². The summed E-state index contributed by atoms with van der Waals surface area (Å²) in [6.07, 6.45) is 0. The number of rotatable bonds is 8. The molecule has 0 bridgehead atoms. The maximum Gasteiger partial charge on any atom is 0.252 e. The Morgan fingerprint density at radius 2 is 0.314 bits per heavy atom. The van der Waals surface area contributed by atoms with Crippen LogP contribution in [0.5, 0.6) is 0 Å². The van der Waals surface area contributed by atoms with Gasteiger partial charge in [0.1, 0.15) is 0 Å². The Bertz CT molecular complexity index is 5470. The lowest BCUT2D eigenvalue weighted by Crippen LogP contribution is -2.61. The fourth-order valence-corrected chi connectivity index (χ4v) is 18.1. The highest BCUT2D eigenvalue weighted by molar-refractivity contribution is 7.02. The zero-order chi connectivity index (χ0) is 69.1. The van der Waals surface area contributed by atoms with Gasteiger partial charge in [0.15, 0.2) is 0 Å². The molecule has 0 saturated carbocycles. The molecule has 0 aromatic heterocycles. The van der Waals surface area contributed by atoms with E-state index in [4.69, 9.17) is 0 Å². The number of benzene rings is 16. The van der Waals surface area contributed by atoms with Crippen LogP contribution in [-0.4, -0.2) is 20.1 Å². The molecule has 105 heavy (non-hydrogen) atoms. The third-order valence-corrected chi connectivity index (χ3v) is 22.2. The van der Waals surface area contributed by atoms with Crippen LogP contribution in [0.4, 0.5) is 102 Å². The molecule has 0 atom stereocenters. The lowest BCUT2D eigenvalue weighted by Gasteiger charge is -2.44. The van der Waals surface area contributed by atoms with Crippen LogP contribution >= 0.6 is 0 Å². The van der Waals surface area contributed by atoms with Crippen molar-refractivity contribution in [1.82, 2.24) is 0 Å². The van der Waals surface area contributed by atoms with E-state index in [1.54, 1.807) is 0 Å². The van der Waals surface area contributed by atoms with Crippen molar-refractivity contribution in [1.29, 1.82) is 0 Å². The van der Waals surface area contributed by atoms with Crippen LogP contribution < -0.4 is 78.6 Å². The van der Waals surface area contributed by atoms with Gasteiger partial charge >= 0.3 is 0 Å². The fraction of sp³-hybridized carbons (Fsp3) is 0. The van der Waals surface area contributed by atoms with Gasteiger partial charge in [-0.15, -0.1) is 0 Å². The molecule has 0 spiro atoms. The van der Waals surface area contributed by atoms with Gasteiger partial charge in [-0.2, -0.15) is 0 Å². The number of hydrogen-bond acceptors (Lipinski definition) is 6. The van der Waals surface area contributed by atoms with E-state index in [2.05, 4.69) is 424 Å². The van der Waals surface area contributed by atoms with Crippen LogP contribution in [0.25, 0.3) is 22.3 Å². The Morgan fingerprint density at radius 1 is 0.143 bits per heavy atom. The molecule has 0 radical (unpaired) electrons. The van der Waals surface area contributed by atoms with Crippen molar-refractivity contribution < 1.29 is 0 Å². The summed E-state index contributed by atoms with van der Waals surface area (Å²) in [4.78, 5) is 14.8. The van der Waals surface area contributed by atoms with E-state index < -0.39 is 0 Å². The summed E-state index contributed by atoms with van der Waals surface area (Å²) in [6.45, 7) is 0.266. The minimum absolute atomic E-state index is 0.0343. The van der Waals surface area contributed by atoms with E-state index in [0.717, 1.165) is 33.9 Å². The Labute approximate surface area is 613 Å². The topological polar surface area (TPSA) is 19.4 Å². The highest BCUT2D eigenvalue weighted by Crippen LogP contribution is 2.51. The Morgan fingerprint density at radius 3 is 0.543 bits per heavy atom. The zero-order valence-electron chi connectivity index (χ0n) is 57.4. The number of para-hydroxylation sites is 12. The third-order valence-electron chi connectivity index (χ3n) is 22.2. The average Bonchev–Trinajstić information content (AvgIpc) is 0.701. The summed E-state index contributed by atoms with van der Waals surface area (Å²) < 4.78 is 0. The van der Waals surface area contributed by atoms with E-state index in [1.165, 1.54) is 140 Å². The molecule has 0 N–H and O–H groups in total. The fourth-order valence-electron chi connectivity index (χ4n) is 18.1. The molecular formula is C96H65B3N6. The first kappa shape index (κ1) is 60.3. The van der Waals surface area contributed by atoms with E-state index in [9.17, 15) is 0 Å².